The molecular formula is C16H13ClFN3S. The standard InChI is InChI=1S/C16H13ClFN3S/c1-2-22-16-20-19-15(11-7-3-4-8-12(11)17)21(16)14-10-6-5-9-13(14)18/h3-10H,2H2,1H3. The van der Waals surface area contributed by atoms with Crippen molar-refractivity contribution in [1.29, 1.82) is 0 Å². The maximum absolute atomic E-state index is 14.3. The smallest absolute Gasteiger partial charge is 0.196 e. The van der Waals surface area contributed by atoms with Gasteiger partial charge in [0, 0.05) is 5.56 Å². The lowest BCUT2D eigenvalue weighted by molar-refractivity contribution is 0.613. The summed E-state index contributed by atoms with van der Waals surface area (Å²) < 4.78 is 16.0. The highest BCUT2D eigenvalue weighted by molar-refractivity contribution is 7.99. The van der Waals surface area contributed by atoms with Gasteiger partial charge in [-0.2, -0.15) is 0 Å². The number of aromatic nitrogens is 3. The van der Waals surface area contributed by atoms with Gasteiger partial charge in [0.25, 0.3) is 0 Å². The Kier molecular flexibility index (Phi) is 4.45. The molecule has 0 saturated carbocycles. The maximum atomic E-state index is 14.3. The van der Waals surface area contributed by atoms with Gasteiger partial charge in [0.05, 0.1) is 10.7 Å². The van der Waals surface area contributed by atoms with Crippen LogP contribution in [0.3, 0.4) is 0 Å². The van der Waals surface area contributed by atoms with Gasteiger partial charge in [-0.15, -0.1) is 10.2 Å². The predicted molar refractivity (Wildman–Crippen MR) is 88.2 cm³/mol. The van der Waals surface area contributed by atoms with E-state index in [2.05, 4.69) is 10.2 Å². The average molecular weight is 334 g/mol. The van der Waals surface area contributed by atoms with E-state index in [4.69, 9.17) is 11.6 Å². The lowest BCUT2D eigenvalue weighted by Crippen LogP contribution is -2.02. The summed E-state index contributed by atoms with van der Waals surface area (Å²) in [6.07, 6.45) is 0. The zero-order valence-electron chi connectivity index (χ0n) is 11.8. The van der Waals surface area contributed by atoms with Crippen molar-refractivity contribution in [2.75, 3.05) is 5.75 Å². The molecule has 0 bridgehead atoms. The monoisotopic (exact) mass is 333 g/mol. The Labute approximate surface area is 137 Å². The van der Waals surface area contributed by atoms with Crippen molar-refractivity contribution in [3.63, 3.8) is 0 Å². The van der Waals surface area contributed by atoms with Crippen molar-refractivity contribution in [1.82, 2.24) is 14.8 Å². The predicted octanol–water partition coefficient (Wildman–Crippen LogP) is 4.84. The first-order valence-electron chi connectivity index (χ1n) is 6.80. The number of hydrogen-bond acceptors (Lipinski definition) is 3. The first kappa shape index (κ1) is 15.1. The number of hydrogen-bond donors (Lipinski definition) is 0. The minimum atomic E-state index is -0.325. The first-order valence-corrected chi connectivity index (χ1v) is 8.16. The van der Waals surface area contributed by atoms with Gasteiger partial charge in [-0.05, 0) is 30.0 Å². The van der Waals surface area contributed by atoms with E-state index in [-0.39, 0.29) is 5.82 Å². The second-order valence-electron chi connectivity index (χ2n) is 4.51. The zero-order chi connectivity index (χ0) is 15.5. The van der Waals surface area contributed by atoms with Crippen LogP contribution in [0.2, 0.25) is 5.02 Å². The number of para-hydroxylation sites is 1. The Morgan fingerprint density at radius 1 is 1.09 bits per heavy atom. The van der Waals surface area contributed by atoms with Gasteiger partial charge < -0.3 is 0 Å². The summed E-state index contributed by atoms with van der Waals surface area (Å²) in [5.74, 6) is 1.02. The summed E-state index contributed by atoms with van der Waals surface area (Å²) in [6, 6.07) is 13.9. The fraction of sp³-hybridized carbons (Fsp3) is 0.125. The summed E-state index contributed by atoms with van der Waals surface area (Å²) in [7, 11) is 0. The second-order valence-corrected chi connectivity index (χ2v) is 6.14. The average Bonchev–Trinajstić information content (AvgIpc) is 2.92. The van der Waals surface area contributed by atoms with Crippen LogP contribution in [0.1, 0.15) is 6.92 Å². The molecule has 6 heteroatoms. The van der Waals surface area contributed by atoms with Crippen LogP contribution in [0.25, 0.3) is 17.1 Å². The maximum Gasteiger partial charge on any atom is 0.196 e. The van der Waals surface area contributed by atoms with E-state index in [1.54, 1.807) is 28.8 Å². The van der Waals surface area contributed by atoms with Crippen LogP contribution in [0, 0.1) is 5.82 Å². The van der Waals surface area contributed by atoms with Gasteiger partial charge in [-0.3, -0.25) is 4.57 Å². The van der Waals surface area contributed by atoms with Crippen LogP contribution in [0.5, 0.6) is 0 Å². The van der Waals surface area contributed by atoms with E-state index in [1.165, 1.54) is 17.8 Å². The lowest BCUT2D eigenvalue weighted by atomic mass is 10.2. The van der Waals surface area contributed by atoms with E-state index in [1.807, 2.05) is 25.1 Å². The second kappa shape index (κ2) is 6.50. The molecule has 0 radical (unpaired) electrons. The molecule has 1 heterocycles. The third kappa shape index (κ3) is 2.74. The fourth-order valence-electron chi connectivity index (χ4n) is 2.16. The SMILES string of the molecule is CCSc1nnc(-c2ccccc2Cl)n1-c1ccccc1F. The molecule has 0 N–H and O–H groups in total. The van der Waals surface area contributed by atoms with E-state index in [0.29, 0.717) is 21.7 Å². The van der Waals surface area contributed by atoms with Gasteiger partial charge in [0.15, 0.2) is 11.0 Å². The zero-order valence-corrected chi connectivity index (χ0v) is 13.4. The molecule has 0 unspecified atom stereocenters. The Hall–Kier alpha value is -1.85. The molecule has 3 nitrogen and oxygen atoms in total. The molecule has 0 aliphatic carbocycles. The first-order chi connectivity index (χ1) is 10.7. The van der Waals surface area contributed by atoms with Crippen LogP contribution in [-0.2, 0) is 0 Å². The summed E-state index contributed by atoms with van der Waals surface area (Å²) in [4.78, 5) is 0. The van der Waals surface area contributed by atoms with Gasteiger partial charge in [-0.1, -0.05) is 54.6 Å². The summed E-state index contributed by atoms with van der Waals surface area (Å²) in [5.41, 5.74) is 1.14. The Morgan fingerprint density at radius 2 is 1.82 bits per heavy atom. The van der Waals surface area contributed by atoms with Crippen LogP contribution in [0.15, 0.2) is 53.7 Å². The van der Waals surface area contributed by atoms with E-state index in [0.717, 1.165) is 11.3 Å². The number of thioether (sulfide) groups is 1. The molecule has 22 heavy (non-hydrogen) atoms. The third-order valence-corrected chi connectivity index (χ3v) is 4.26. The molecular weight excluding hydrogens is 321 g/mol. The highest BCUT2D eigenvalue weighted by Gasteiger charge is 2.19. The molecule has 0 aliphatic rings. The van der Waals surface area contributed by atoms with Gasteiger partial charge in [0.1, 0.15) is 5.82 Å². The van der Waals surface area contributed by atoms with Crippen molar-refractivity contribution in [2.24, 2.45) is 0 Å². The van der Waals surface area contributed by atoms with Crippen molar-refractivity contribution >= 4 is 23.4 Å². The minimum Gasteiger partial charge on any atom is -0.267 e. The molecule has 1 aromatic heterocycles. The third-order valence-electron chi connectivity index (χ3n) is 3.11. The Balaban J connectivity index is 2.25. The van der Waals surface area contributed by atoms with E-state index >= 15 is 0 Å². The minimum absolute atomic E-state index is 0.325. The molecule has 0 saturated heterocycles. The normalized spacial score (nSPS) is 10.9. The number of nitrogens with zero attached hydrogens (tertiary/aromatic N) is 3. The van der Waals surface area contributed by atoms with E-state index < -0.39 is 0 Å². The quantitative estimate of drug-likeness (QED) is 0.640. The largest absolute Gasteiger partial charge is 0.267 e. The van der Waals surface area contributed by atoms with Crippen LogP contribution < -0.4 is 0 Å². The molecule has 3 rings (SSSR count). The summed E-state index contributed by atoms with van der Waals surface area (Å²) >= 11 is 7.77. The van der Waals surface area contributed by atoms with Crippen molar-refractivity contribution in [2.45, 2.75) is 12.1 Å². The number of benzene rings is 2. The molecule has 0 spiro atoms. The molecule has 3 aromatic rings. The van der Waals surface area contributed by atoms with Crippen LogP contribution >= 0.6 is 23.4 Å². The molecule has 0 aliphatic heterocycles. The molecule has 112 valence electrons. The Morgan fingerprint density at radius 3 is 2.55 bits per heavy atom. The fourth-order valence-corrected chi connectivity index (χ4v) is 3.05. The van der Waals surface area contributed by atoms with Crippen LogP contribution in [-0.4, -0.2) is 20.5 Å². The van der Waals surface area contributed by atoms with Crippen molar-refractivity contribution < 1.29 is 4.39 Å². The van der Waals surface area contributed by atoms with E-state index in [9.17, 15) is 4.39 Å². The van der Waals surface area contributed by atoms with Crippen molar-refractivity contribution in [3.8, 4) is 17.1 Å². The topological polar surface area (TPSA) is 30.7 Å². The number of halogens is 2. The summed E-state index contributed by atoms with van der Waals surface area (Å²) in [5, 5.41) is 9.61. The highest BCUT2D eigenvalue weighted by Crippen LogP contribution is 2.32. The molecule has 0 amide bonds. The van der Waals surface area contributed by atoms with Gasteiger partial charge >= 0.3 is 0 Å². The molecule has 0 atom stereocenters. The molecule has 2 aromatic carbocycles. The lowest BCUT2D eigenvalue weighted by Gasteiger charge is -2.11. The molecule has 0 fully saturated rings. The van der Waals surface area contributed by atoms with Gasteiger partial charge in [-0.25, -0.2) is 4.39 Å². The summed E-state index contributed by atoms with van der Waals surface area (Å²) in [6.45, 7) is 2.01. The van der Waals surface area contributed by atoms with Crippen molar-refractivity contribution in [3.05, 3.63) is 59.4 Å². The van der Waals surface area contributed by atoms with Gasteiger partial charge in [0.2, 0.25) is 0 Å². The number of rotatable bonds is 4. The Bertz CT molecular complexity index is 804. The highest BCUT2D eigenvalue weighted by atomic mass is 35.5. The van der Waals surface area contributed by atoms with Crippen LogP contribution in [0.4, 0.5) is 4.39 Å².